The van der Waals surface area contributed by atoms with Crippen LogP contribution in [0.3, 0.4) is 0 Å². The van der Waals surface area contributed by atoms with Crippen LogP contribution in [0, 0.1) is 6.92 Å². The van der Waals surface area contributed by atoms with Crippen LogP contribution >= 0.6 is 0 Å². The standard InChI is InChI=1S/C17H23NO4/c1-9-3-4-11(19)14-13(9)16-7-8-18-10(2)17(16,21)6-5-12(20)15(16)22-14/h3-4,10,12,15,18-21H,5-8H2,1-2H3/t10-,12-,15+,16+,17-/m1/s1. The van der Waals surface area contributed by atoms with Crippen LogP contribution in [0.5, 0.6) is 11.5 Å². The fraction of sp³-hybridized carbons (Fsp3) is 0.647. The van der Waals surface area contributed by atoms with Gasteiger partial charge in [-0.3, -0.25) is 0 Å². The summed E-state index contributed by atoms with van der Waals surface area (Å²) in [6.45, 7) is 4.73. The fourth-order valence-corrected chi connectivity index (χ4v) is 5.07. The average molecular weight is 305 g/mol. The van der Waals surface area contributed by atoms with Gasteiger partial charge in [-0.15, -0.1) is 0 Å². The summed E-state index contributed by atoms with van der Waals surface area (Å²) in [6.07, 6.45) is 0.585. The van der Waals surface area contributed by atoms with E-state index in [1.54, 1.807) is 6.07 Å². The maximum absolute atomic E-state index is 11.6. The molecule has 0 aromatic heterocycles. The molecule has 5 atom stereocenters. The number of nitrogens with one attached hydrogen (secondary N) is 1. The zero-order valence-electron chi connectivity index (χ0n) is 13.0. The third-order valence-corrected chi connectivity index (χ3v) is 6.15. The Balaban J connectivity index is 2.02. The molecule has 0 unspecified atom stereocenters. The number of hydrogen-bond donors (Lipinski definition) is 4. The number of piperidine rings is 1. The first kappa shape index (κ1) is 14.3. The van der Waals surface area contributed by atoms with E-state index in [4.69, 9.17) is 4.74 Å². The number of fused-ring (bicyclic) bond motifs is 1. The van der Waals surface area contributed by atoms with Crippen LogP contribution in [-0.2, 0) is 5.41 Å². The van der Waals surface area contributed by atoms with E-state index in [9.17, 15) is 15.3 Å². The smallest absolute Gasteiger partial charge is 0.165 e. The molecule has 22 heavy (non-hydrogen) atoms. The van der Waals surface area contributed by atoms with Crippen molar-refractivity contribution in [2.24, 2.45) is 0 Å². The number of ether oxygens (including phenoxy) is 1. The molecule has 2 aliphatic heterocycles. The minimum atomic E-state index is -0.987. The quantitative estimate of drug-likeness (QED) is 0.574. The maximum atomic E-state index is 11.6. The number of aliphatic hydroxyl groups excluding tert-OH is 1. The van der Waals surface area contributed by atoms with Gasteiger partial charge in [0.2, 0.25) is 0 Å². The highest BCUT2D eigenvalue weighted by Gasteiger charge is 2.69. The average Bonchev–Trinajstić information content (AvgIpc) is 2.85. The fourth-order valence-electron chi connectivity index (χ4n) is 5.07. The molecule has 120 valence electrons. The van der Waals surface area contributed by atoms with Gasteiger partial charge in [0.05, 0.1) is 17.1 Å². The van der Waals surface area contributed by atoms with E-state index in [2.05, 4.69) is 5.32 Å². The Morgan fingerprint density at radius 1 is 1.32 bits per heavy atom. The number of phenolic OH excluding ortho intramolecular Hbond substituents is 1. The molecule has 0 radical (unpaired) electrons. The Labute approximate surface area is 129 Å². The lowest BCUT2D eigenvalue weighted by atomic mass is 9.52. The molecule has 1 spiro atoms. The monoisotopic (exact) mass is 305 g/mol. The molecule has 0 amide bonds. The van der Waals surface area contributed by atoms with Crippen molar-refractivity contribution in [1.82, 2.24) is 5.32 Å². The third-order valence-electron chi connectivity index (χ3n) is 6.15. The summed E-state index contributed by atoms with van der Waals surface area (Å²) in [5.74, 6) is 0.531. The van der Waals surface area contributed by atoms with Gasteiger partial charge in [-0.2, -0.15) is 0 Å². The van der Waals surface area contributed by atoms with Gasteiger partial charge >= 0.3 is 0 Å². The zero-order chi connectivity index (χ0) is 15.7. The summed E-state index contributed by atoms with van der Waals surface area (Å²) in [7, 11) is 0. The van der Waals surface area contributed by atoms with Crippen molar-refractivity contribution in [3.63, 3.8) is 0 Å². The van der Waals surface area contributed by atoms with Gasteiger partial charge < -0.3 is 25.4 Å². The van der Waals surface area contributed by atoms with Gasteiger partial charge in [-0.25, -0.2) is 0 Å². The van der Waals surface area contributed by atoms with Gasteiger partial charge in [0.25, 0.3) is 0 Å². The highest BCUT2D eigenvalue weighted by atomic mass is 16.5. The Bertz CT molecular complexity index is 633. The summed E-state index contributed by atoms with van der Waals surface area (Å²) in [6, 6.07) is 3.40. The van der Waals surface area contributed by atoms with E-state index in [-0.39, 0.29) is 11.8 Å². The van der Waals surface area contributed by atoms with E-state index in [1.165, 1.54) is 0 Å². The van der Waals surface area contributed by atoms with Crippen LogP contribution in [0.15, 0.2) is 12.1 Å². The van der Waals surface area contributed by atoms with Crippen molar-refractivity contribution < 1.29 is 20.1 Å². The van der Waals surface area contributed by atoms with Gasteiger partial charge in [-0.05, 0) is 51.3 Å². The van der Waals surface area contributed by atoms with Gasteiger partial charge in [0, 0.05) is 11.6 Å². The first-order valence-electron chi connectivity index (χ1n) is 8.05. The summed E-state index contributed by atoms with van der Waals surface area (Å²) < 4.78 is 6.02. The second kappa shape index (κ2) is 4.37. The van der Waals surface area contributed by atoms with E-state index in [0.29, 0.717) is 25.0 Å². The Morgan fingerprint density at radius 2 is 2.09 bits per heavy atom. The van der Waals surface area contributed by atoms with Crippen LogP contribution in [-0.4, -0.2) is 45.7 Å². The molecular formula is C17H23NO4. The number of phenols is 1. The minimum absolute atomic E-state index is 0.0881. The molecule has 0 bridgehead atoms. The molecule has 4 N–H and O–H groups in total. The first-order valence-corrected chi connectivity index (χ1v) is 8.05. The van der Waals surface area contributed by atoms with Crippen LogP contribution < -0.4 is 10.1 Å². The second-order valence-electron chi connectivity index (χ2n) is 7.07. The summed E-state index contributed by atoms with van der Waals surface area (Å²) in [5.41, 5.74) is 0.232. The molecule has 1 saturated carbocycles. The number of rotatable bonds is 0. The molecular weight excluding hydrogens is 282 g/mol. The molecule has 4 rings (SSSR count). The highest BCUT2D eigenvalue weighted by molar-refractivity contribution is 5.60. The predicted molar refractivity (Wildman–Crippen MR) is 81.2 cm³/mol. The Hall–Kier alpha value is -1.30. The SMILES string of the molecule is Cc1ccc(O)c2c1[C@]13CCN[C@H](C)[C@]1(O)CC[C@@H](O)[C@@H]3O2. The first-order chi connectivity index (χ1) is 10.4. The Morgan fingerprint density at radius 3 is 2.86 bits per heavy atom. The number of aromatic hydroxyl groups is 1. The van der Waals surface area contributed by atoms with Gasteiger partial charge in [0.15, 0.2) is 11.5 Å². The summed E-state index contributed by atoms with van der Waals surface area (Å²) in [4.78, 5) is 0. The van der Waals surface area contributed by atoms with Gasteiger partial charge in [0.1, 0.15) is 6.10 Å². The third kappa shape index (κ3) is 1.44. The van der Waals surface area contributed by atoms with Crippen molar-refractivity contribution in [3.8, 4) is 11.5 Å². The lowest BCUT2D eigenvalue weighted by molar-refractivity contribution is -0.172. The zero-order valence-corrected chi connectivity index (χ0v) is 13.0. The highest BCUT2D eigenvalue weighted by Crippen LogP contribution is 2.61. The van der Waals surface area contributed by atoms with E-state index in [1.807, 2.05) is 19.9 Å². The molecule has 3 aliphatic rings. The number of aliphatic hydroxyl groups is 2. The lowest BCUT2D eigenvalue weighted by Gasteiger charge is -2.58. The maximum Gasteiger partial charge on any atom is 0.165 e. The van der Waals surface area contributed by atoms with Crippen molar-refractivity contribution >= 4 is 0 Å². The van der Waals surface area contributed by atoms with E-state index >= 15 is 0 Å². The molecule has 2 heterocycles. The van der Waals surface area contributed by atoms with Crippen molar-refractivity contribution in [2.75, 3.05) is 6.54 Å². The lowest BCUT2D eigenvalue weighted by Crippen LogP contribution is -2.74. The molecule has 1 saturated heterocycles. The van der Waals surface area contributed by atoms with Gasteiger partial charge in [-0.1, -0.05) is 6.07 Å². The molecule has 1 aromatic rings. The van der Waals surface area contributed by atoms with Crippen LogP contribution in [0.4, 0.5) is 0 Å². The molecule has 1 aliphatic carbocycles. The number of hydrogen-bond acceptors (Lipinski definition) is 5. The van der Waals surface area contributed by atoms with Crippen LogP contribution in [0.25, 0.3) is 0 Å². The molecule has 1 aromatic carbocycles. The summed E-state index contributed by atoms with van der Waals surface area (Å²) >= 11 is 0. The van der Waals surface area contributed by atoms with Crippen LogP contribution in [0.2, 0.25) is 0 Å². The molecule has 2 fully saturated rings. The summed E-state index contributed by atoms with van der Waals surface area (Å²) in [5, 5.41) is 35.7. The normalized spacial score (nSPS) is 43.0. The van der Waals surface area contributed by atoms with Crippen molar-refractivity contribution in [1.29, 1.82) is 0 Å². The predicted octanol–water partition coefficient (Wildman–Crippen LogP) is 0.967. The Kier molecular flexibility index (Phi) is 2.84. The minimum Gasteiger partial charge on any atom is -0.504 e. The van der Waals surface area contributed by atoms with Crippen molar-refractivity contribution in [3.05, 3.63) is 23.3 Å². The van der Waals surface area contributed by atoms with E-state index < -0.39 is 23.2 Å². The van der Waals surface area contributed by atoms with Crippen LogP contribution in [0.1, 0.15) is 37.3 Å². The topological polar surface area (TPSA) is 82.0 Å². The molecule has 5 nitrogen and oxygen atoms in total. The van der Waals surface area contributed by atoms with E-state index in [0.717, 1.165) is 17.7 Å². The number of aryl methyl sites for hydroxylation is 1. The number of benzene rings is 1. The van der Waals surface area contributed by atoms with Crippen molar-refractivity contribution in [2.45, 2.75) is 62.4 Å². The largest absolute Gasteiger partial charge is 0.504 e. The molecule has 5 heteroatoms. The second-order valence-corrected chi connectivity index (χ2v) is 7.07.